The zero-order chi connectivity index (χ0) is 92.7. The molecule has 0 radical (unpaired) electrons. The molecule has 4 aliphatic carbocycles. The molecule has 12 aliphatic rings. The number of carbonyl (C=O) groups is 6. The Morgan fingerprint density at radius 3 is 1.04 bits per heavy atom. The van der Waals surface area contributed by atoms with Gasteiger partial charge in [0.05, 0.1) is 32.6 Å². The summed E-state index contributed by atoms with van der Waals surface area (Å²) in [5.41, 5.74) is 13.8. The molecule has 8 saturated heterocycles. The summed E-state index contributed by atoms with van der Waals surface area (Å²) >= 11 is 22.5. The van der Waals surface area contributed by atoms with Crippen LogP contribution in [0, 0.1) is 75.0 Å². The number of nitro groups is 2. The smallest absolute Gasteiger partial charge is 0.293 e. The maximum atomic E-state index is 13.1. The van der Waals surface area contributed by atoms with Crippen LogP contribution >= 0.6 is 46.4 Å². The molecule has 0 atom stereocenters. The maximum absolute atomic E-state index is 13.1. The van der Waals surface area contributed by atoms with Crippen LogP contribution in [0.2, 0.25) is 15.1 Å². The molecule has 27 heteroatoms. The Balaban J connectivity index is 0.000000190. The number of hydrogen-bond donors (Lipinski definition) is 3. The van der Waals surface area contributed by atoms with Crippen LogP contribution in [0.25, 0.3) is 0 Å². The first-order valence-corrected chi connectivity index (χ1v) is 51.8. The van der Waals surface area contributed by atoms with Crippen molar-refractivity contribution in [2.45, 2.75) is 239 Å². The molecule has 744 valence electrons. The van der Waals surface area contributed by atoms with Crippen molar-refractivity contribution >= 4 is 120 Å². The van der Waals surface area contributed by atoms with Gasteiger partial charge in [-0.2, -0.15) is 0 Å². The zero-order valence-corrected chi connectivity index (χ0v) is 83.9. The Labute approximate surface area is 839 Å². The van der Waals surface area contributed by atoms with Crippen molar-refractivity contribution in [3.8, 4) is 0 Å². The number of nitrogens with zero attached hydrogens (tertiary/aromatic N) is 9. The van der Waals surface area contributed by atoms with Crippen LogP contribution in [0.4, 0.5) is 39.8 Å². The topological polar surface area (TPSA) is 261 Å². The quantitative estimate of drug-likeness (QED) is 0.00674. The van der Waals surface area contributed by atoms with Gasteiger partial charge in [-0.05, 0) is 427 Å². The van der Waals surface area contributed by atoms with Crippen LogP contribution < -0.4 is 31.1 Å². The van der Waals surface area contributed by atoms with Gasteiger partial charge in [0.1, 0.15) is 10.7 Å². The minimum Gasteiger partial charge on any atom is -0.397 e. The molecule has 8 heterocycles. The molecule has 12 fully saturated rings. The van der Waals surface area contributed by atoms with Gasteiger partial charge in [-0.15, -0.1) is 0 Å². The number of likely N-dealkylation sites (tertiary alicyclic amines) is 4. The predicted octanol–water partition coefficient (Wildman–Crippen LogP) is 24.8. The number of Topliss-reactive ketones (excluding diaryl/α,β-unsaturated/α-hetero) is 4. The number of carbonyl (C=O) groups excluding carboxylic acids is 6. The van der Waals surface area contributed by atoms with E-state index in [1.807, 2.05) is 30.3 Å². The fourth-order valence-electron chi connectivity index (χ4n) is 20.0. The normalized spacial score (nSPS) is 19.4. The first kappa shape index (κ1) is 110. The van der Waals surface area contributed by atoms with E-state index in [0.29, 0.717) is 105 Å². The third kappa shape index (κ3) is 37.1. The average molecular weight is 2030 g/mol. The van der Waals surface area contributed by atoms with Crippen LogP contribution in [-0.4, -0.2) is 195 Å². The van der Waals surface area contributed by atoms with Crippen molar-refractivity contribution in [1.82, 2.24) is 24.9 Å². The van der Waals surface area contributed by atoms with Gasteiger partial charge in [0.2, 0.25) is 0 Å². The summed E-state index contributed by atoms with van der Waals surface area (Å²) in [5, 5.41) is 29.5. The van der Waals surface area contributed by atoms with E-state index in [0.717, 1.165) is 144 Å². The van der Waals surface area contributed by atoms with Gasteiger partial charge in [-0.25, -0.2) is 0 Å². The SMILES string of the molecule is C.C1CCN(CCC2CCNCC2)CC1.Nc1cc(C(=O)CC2CC2)ccc1N1CCC(CCN2CCCCC2)CC1.O=C(CC1CC1)c1ccc(Cl)c([N+](=O)[O-])c1.O=C(CC1CC1)c1ccc(N2CCC(CCN3CCCCC3)CC2)c(NC(=O)c2cccc(Cl)c2)c1.O=C(CC1CC1)c1ccc(N2CCC(CCN3CCCCC3)CC2)c([N+](=O)[O-])c1.O=C(Cl)c1cccc(Cl)c1.[CH3-].[HH].[Pd]. The van der Waals surface area contributed by atoms with Crippen molar-refractivity contribution in [2.75, 3.05) is 157 Å². The number of ketones is 4. The molecular formula is C108H153Cl4N12O10Pd-. The third-order valence-corrected chi connectivity index (χ3v) is 30.2. The van der Waals surface area contributed by atoms with Crippen LogP contribution in [0.1, 0.15) is 302 Å². The second kappa shape index (κ2) is 56.9. The Hall–Kier alpha value is -7.24. The summed E-state index contributed by atoms with van der Waals surface area (Å²) in [7, 11) is 0. The standard InChI is InChI=1S/C30H38ClN3O2.C23H33N3O3.C23H35N3O.C12H24N2.C11H10ClNO3.C7H4Cl2O.CH4.CH3.Pd.H2/c31-26-6-4-5-25(20-26)30(36)32-27-21-24(29(35)19-23-7-8-23)9-10-28(27)34-17-12-22(13-18-34)11-16-33-14-2-1-3-15-33;27-23(16-19-4-5-19)20-6-7-21(22(17-20)26(28)29)25-14-9-18(10-15-25)8-13-24-11-2-1-3-12-24;24-21-17-20(23(27)16-19-4-5-19)6-7-22(21)26-14-9-18(10-15-26)8-13-25-11-2-1-3-12-25;1-2-9-14(10-3-1)11-6-12-4-7-13-8-5-12;12-9-4-3-8(6-10(9)13(15)16)11(14)5-7-1-2-7;8-6-3-1-2-5(4-6)7(9)10;;;;/h4-6,9-10,20-23H,1-3,7-8,11-19H2,(H,32,36);6-7,17-19H,1-5,8-16H2;6-7,17-19H,1-5,8-16,24H2;12-13H,1-11H2;3-4,6-7H,1-2,5H2;1-4H;1H4;1H3;;1H/q;;;;;;;-1;;. The number of hydrogen-bond acceptors (Lipinski definition) is 19. The van der Waals surface area contributed by atoms with Crippen LogP contribution in [0.15, 0.2) is 121 Å². The molecule has 0 spiro atoms. The van der Waals surface area contributed by atoms with E-state index in [1.165, 1.54) is 257 Å². The van der Waals surface area contributed by atoms with Crippen molar-refractivity contribution in [3.05, 3.63) is 197 Å². The van der Waals surface area contributed by atoms with Crippen molar-refractivity contribution in [1.29, 1.82) is 0 Å². The Bertz CT molecular complexity index is 4740. The summed E-state index contributed by atoms with van der Waals surface area (Å²) in [5.74, 6) is 5.68. The van der Waals surface area contributed by atoms with E-state index in [9.17, 15) is 49.0 Å². The van der Waals surface area contributed by atoms with Gasteiger partial charge >= 0.3 is 0 Å². The summed E-state index contributed by atoms with van der Waals surface area (Å²) < 4.78 is 0. The van der Waals surface area contributed by atoms with E-state index < -0.39 is 10.2 Å². The van der Waals surface area contributed by atoms with E-state index in [-0.39, 0.29) is 87.1 Å². The molecule has 4 saturated carbocycles. The van der Waals surface area contributed by atoms with E-state index in [2.05, 4.69) is 51.0 Å². The van der Waals surface area contributed by atoms with Crippen molar-refractivity contribution in [2.24, 2.45) is 47.3 Å². The number of rotatable bonds is 32. The molecular weight excluding hydrogens is 1870 g/mol. The molecule has 0 bridgehead atoms. The molecule has 8 aliphatic heterocycles. The van der Waals surface area contributed by atoms with Gasteiger partial charge < -0.3 is 58.1 Å². The summed E-state index contributed by atoms with van der Waals surface area (Å²) in [6.45, 7) is 23.8. The number of piperidine rings is 8. The van der Waals surface area contributed by atoms with Gasteiger partial charge in [0.15, 0.2) is 23.1 Å². The number of halogens is 4. The molecule has 135 heavy (non-hydrogen) atoms. The monoisotopic (exact) mass is 2020 g/mol. The van der Waals surface area contributed by atoms with E-state index in [1.54, 1.807) is 60.7 Å². The summed E-state index contributed by atoms with van der Waals surface area (Å²) in [4.78, 5) is 112. The van der Waals surface area contributed by atoms with Crippen molar-refractivity contribution in [3.63, 3.8) is 0 Å². The van der Waals surface area contributed by atoms with Gasteiger partial charge in [0, 0.05) is 142 Å². The molecule has 0 unspecified atom stereocenters. The molecule has 22 nitrogen and oxygen atoms in total. The van der Waals surface area contributed by atoms with Crippen LogP contribution in [0.5, 0.6) is 0 Å². The molecule has 18 rings (SSSR count). The molecule has 6 aromatic rings. The summed E-state index contributed by atoms with van der Waals surface area (Å²) in [6, 6.07) is 34.6. The largest absolute Gasteiger partial charge is 0.397 e. The van der Waals surface area contributed by atoms with Gasteiger partial charge in [-0.3, -0.25) is 49.0 Å². The van der Waals surface area contributed by atoms with Gasteiger partial charge in [0.25, 0.3) is 22.5 Å². The second-order valence-corrected chi connectivity index (χ2v) is 41.3. The number of anilines is 5. The Morgan fingerprint density at radius 2 is 0.689 bits per heavy atom. The first-order chi connectivity index (χ1) is 64.1. The molecule has 1 amide bonds. The molecule has 0 aromatic heterocycles. The number of nitrogen functional groups attached to an aromatic ring is 1. The molecule has 6 aromatic carbocycles. The van der Waals surface area contributed by atoms with Crippen LogP contribution in [0.3, 0.4) is 0 Å². The summed E-state index contributed by atoms with van der Waals surface area (Å²) in [6.07, 6.45) is 43.2. The second-order valence-electron chi connectivity index (χ2n) is 39.7. The van der Waals surface area contributed by atoms with Crippen LogP contribution in [-0.2, 0) is 20.4 Å². The zero-order valence-electron chi connectivity index (χ0n) is 79.3. The molecule has 4 N–H and O–H groups in total. The van der Waals surface area contributed by atoms with Crippen molar-refractivity contribution < 1.29 is 60.5 Å². The number of benzene rings is 6. The van der Waals surface area contributed by atoms with E-state index in [4.69, 9.17) is 52.1 Å². The number of amides is 1. The average Bonchev–Trinajstić information content (AvgIpc) is 1.10. The Morgan fingerprint density at radius 1 is 0.370 bits per heavy atom. The number of nitrogens with two attached hydrogens (primary N) is 1. The fourth-order valence-corrected chi connectivity index (χ4v) is 20.7. The minimum absolute atomic E-state index is 0. The number of nitro benzene ring substituents is 2. The minimum atomic E-state index is -0.573. The van der Waals surface area contributed by atoms with Gasteiger partial charge in [-0.1, -0.05) is 80.0 Å². The fraction of sp³-hybridized carbons (Fsp3) is 0.602. The first-order valence-electron chi connectivity index (χ1n) is 50.3. The van der Waals surface area contributed by atoms with E-state index >= 15 is 0 Å². The maximum Gasteiger partial charge on any atom is 0.293 e. The predicted molar refractivity (Wildman–Crippen MR) is 552 cm³/mol. The third-order valence-electron chi connectivity index (χ3n) is 29.2. The number of nitrogens with one attached hydrogen (secondary N) is 2. The Kier molecular flexibility index (Phi) is 46.2.